The summed E-state index contributed by atoms with van der Waals surface area (Å²) < 4.78 is 13.2. The molecule has 2 rings (SSSR count). The van der Waals surface area contributed by atoms with Crippen LogP contribution in [0.5, 0.6) is 5.75 Å². The molecule has 0 radical (unpaired) electrons. The lowest BCUT2D eigenvalue weighted by atomic mass is 10.2. The second kappa shape index (κ2) is 5.06. The van der Waals surface area contributed by atoms with Crippen molar-refractivity contribution in [3.63, 3.8) is 0 Å². The summed E-state index contributed by atoms with van der Waals surface area (Å²) in [5.41, 5.74) is 1.66. The minimum Gasteiger partial charge on any atom is -0.508 e. The van der Waals surface area contributed by atoms with Gasteiger partial charge in [-0.3, -0.25) is 0 Å². The van der Waals surface area contributed by atoms with Gasteiger partial charge in [-0.05, 0) is 35.9 Å². The van der Waals surface area contributed by atoms with Gasteiger partial charge in [0.05, 0.1) is 5.02 Å². The van der Waals surface area contributed by atoms with E-state index < -0.39 is 5.82 Å². The summed E-state index contributed by atoms with van der Waals surface area (Å²) in [6.45, 7) is 0.557. The Kier molecular flexibility index (Phi) is 3.49. The lowest BCUT2D eigenvalue weighted by Crippen LogP contribution is -1.99. The van der Waals surface area contributed by atoms with Crippen LogP contribution >= 0.6 is 11.6 Å². The van der Waals surface area contributed by atoms with Gasteiger partial charge in [0, 0.05) is 12.2 Å². The molecule has 17 heavy (non-hydrogen) atoms. The van der Waals surface area contributed by atoms with Gasteiger partial charge in [-0.25, -0.2) is 4.39 Å². The Morgan fingerprint density at radius 1 is 1.12 bits per heavy atom. The molecule has 0 aliphatic heterocycles. The molecule has 0 unspecified atom stereocenters. The van der Waals surface area contributed by atoms with Crippen molar-refractivity contribution in [2.24, 2.45) is 0 Å². The lowest BCUT2D eigenvalue weighted by Gasteiger charge is -2.07. The van der Waals surface area contributed by atoms with E-state index in [2.05, 4.69) is 5.32 Å². The minimum atomic E-state index is -0.442. The molecule has 0 aliphatic carbocycles. The SMILES string of the molecule is Oc1ccc(CNc2ccc(Cl)c(F)c2)cc1. The van der Waals surface area contributed by atoms with E-state index in [0.29, 0.717) is 12.2 Å². The summed E-state index contributed by atoms with van der Waals surface area (Å²) >= 11 is 5.58. The van der Waals surface area contributed by atoms with Crippen molar-refractivity contribution in [3.05, 3.63) is 58.9 Å². The van der Waals surface area contributed by atoms with Crippen LogP contribution in [0.4, 0.5) is 10.1 Å². The van der Waals surface area contributed by atoms with Crippen molar-refractivity contribution < 1.29 is 9.50 Å². The second-order valence-corrected chi connectivity index (χ2v) is 4.06. The van der Waals surface area contributed by atoms with E-state index in [1.165, 1.54) is 12.1 Å². The van der Waals surface area contributed by atoms with Crippen molar-refractivity contribution in [1.82, 2.24) is 0 Å². The fourth-order valence-electron chi connectivity index (χ4n) is 1.42. The van der Waals surface area contributed by atoms with E-state index in [4.69, 9.17) is 16.7 Å². The molecule has 0 saturated heterocycles. The van der Waals surface area contributed by atoms with Crippen LogP contribution in [0.1, 0.15) is 5.56 Å². The van der Waals surface area contributed by atoms with Crippen molar-refractivity contribution in [3.8, 4) is 5.75 Å². The zero-order chi connectivity index (χ0) is 12.3. The smallest absolute Gasteiger partial charge is 0.143 e. The Balaban J connectivity index is 2.02. The van der Waals surface area contributed by atoms with Crippen molar-refractivity contribution in [2.45, 2.75) is 6.54 Å². The van der Waals surface area contributed by atoms with Gasteiger partial charge in [-0.15, -0.1) is 0 Å². The standard InChI is InChI=1S/C13H11ClFNO/c14-12-6-3-10(7-13(12)15)16-8-9-1-4-11(17)5-2-9/h1-7,16-17H,8H2. The molecular weight excluding hydrogens is 241 g/mol. The molecule has 0 heterocycles. The van der Waals surface area contributed by atoms with Gasteiger partial charge in [-0.2, -0.15) is 0 Å². The maximum absolute atomic E-state index is 13.2. The van der Waals surface area contributed by atoms with Gasteiger partial charge in [0.25, 0.3) is 0 Å². The van der Waals surface area contributed by atoms with Crippen LogP contribution in [-0.2, 0) is 6.54 Å². The van der Waals surface area contributed by atoms with E-state index in [9.17, 15) is 4.39 Å². The Morgan fingerprint density at radius 2 is 1.82 bits per heavy atom. The van der Waals surface area contributed by atoms with Crippen molar-refractivity contribution >= 4 is 17.3 Å². The third-order valence-corrected chi connectivity index (χ3v) is 2.66. The monoisotopic (exact) mass is 251 g/mol. The van der Waals surface area contributed by atoms with E-state index in [1.54, 1.807) is 30.3 Å². The van der Waals surface area contributed by atoms with Gasteiger partial charge >= 0.3 is 0 Å². The number of aromatic hydroxyl groups is 1. The first-order valence-corrected chi connectivity index (χ1v) is 5.50. The van der Waals surface area contributed by atoms with Crippen molar-refractivity contribution in [1.29, 1.82) is 0 Å². The van der Waals surface area contributed by atoms with E-state index in [0.717, 1.165) is 5.56 Å². The summed E-state index contributed by atoms with van der Waals surface area (Å²) in [5.74, 6) is -0.214. The van der Waals surface area contributed by atoms with Gasteiger partial charge in [0.1, 0.15) is 11.6 Å². The number of nitrogens with one attached hydrogen (secondary N) is 1. The summed E-state index contributed by atoms with van der Waals surface area (Å²) in [5, 5.41) is 12.3. The Bertz CT molecular complexity index is 513. The maximum Gasteiger partial charge on any atom is 0.143 e. The molecule has 0 aliphatic rings. The maximum atomic E-state index is 13.2. The zero-order valence-electron chi connectivity index (χ0n) is 8.95. The highest BCUT2D eigenvalue weighted by molar-refractivity contribution is 6.30. The third-order valence-electron chi connectivity index (χ3n) is 2.35. The van der Waals surface area contributed by atoms with Crippen LogP contribution in [0.25, 0.3) is 0 Å². The van der Waals surface area contributed by atoms with Crippen molar-refractivity contribution in [2.75, 3.05) is 5.32 Å². The molecule has 0 amide bonds. The quantitative estimate of drug-likeness (QED) is 0.870. The average Bonchev–Trinajstić information content (AvgIpc) is 2.33. The number of halogens is 2. The molecule has 0 spiro atoms. The molecular formula is C13H11ClFNO. The van der Waals surface area contributed by atoms with Crippen LogP contribution in [0, 0.1) is 5.82 Å². The predicted octanol–water partition coefficient (Wildman–Crippen LogP) is 3.80. The Morgan fingerprint density at radius 3 is 2.47 bits per heavy atom. The largest absolute Gasteiger partial charge is 0.508 e. The highest BCUT2D eigenvalue weighted by Crippen LogP contribution is 2.19. The zero-order valence-corrected chi connectivity index (χ0v) is 9.71. The second-order valence-electron chi connectivity index (χ2n) is 3.65. The molecule has 2 N–H and O–H groups in total. The van der Waals surface area contributed by atoms with Gasteiger partial charge in [0.15, 0.2) is 0 Å². The first-order chi connectivity index (χ1) is 8.15. The van der Waals surface area contributed by atoms with E-state index in [-0.39, 0.29) is 10.8 Å². The average molecular weight is 252 g/mol. The fourth-order valence-corrected chi connectivity index (χ4v) is 1.54. The number of phenolic OH excluding ortho intramolecular Hbond substituents is 1. The first-order valence-electron chi connectivity index (χ1n) is 5.12. The fraction of sp³-hybridized carbons (Fsp3) is 0.0769. The summed E-state index contributed by atoms with van der Waals surface area (Å²) in [4.78, 5) is 0. The Labute approximate surface area is 104 Å². The van der Waals surface area contributed by atoms with Gasteiger partial charge < -0.3 is 10.4 Å². The third kappa shape index (κ3) is 3.11. The number of rotatable bonds is 3. The molecule has 2 nitrogen and oxygen atoms in total. The molecule has 0 saturated carbocycles. The molecule has 4 heteroatoms. The van der Waals surface area contributed by atoms with Gasteiger partial charge in [0.2, 0.25) is 0 Å². The summed E-state index contributed by atoms with van der Waals surface area (Å²) in [6, 6.07) is 11.4. The van der Waals surface area contributed by atoms with Crippen LogP contribution in [0.15, 0.2) is 42.5 Å². The number of hydrogen-bond acceptors (Lipinski definition) is 2. The number of benzene rings is 2. The first kappa shape index (κ1) is 11.7. The van der Waals surface area contributed by atoms with Gasteiger partial charge in [-0.1, -0.05) is 23.7 Å². The molecule has 2 aromatic rings. The molecule has 0 fully saturated rings. The summed E-state index contributed by atoms with van der Waals surface area (Å²) in [7, 11) is 0. The van der Waals surface area contributed by atoms with Crippen LogP contribution < -0.4 is 5.32 Å². The normalized spacial score (nSPS) is 10.2. The van der Waals surface area contributed by atoms with Crippen LogP contribution in [0.3, 0.4) is 0 Å². The highest BCUT2D eigenvalue weighted by atomic mass is 35.5. The van der Waals surface area contributed by atoms with Crippen LogP contribution in [-0.4, -0.2) is 5.11 Å². The van der Waals surface area contributed by atoms with E-state index >= 15 is 0 Å². The molecule has 88 valence electrons. The Hall–Kier alpha value is -1.74. The highest BCUT2D eigenvalue weighted by Gasteiger charge is 2.00. The minimum absolute atomic E-state index is 0.111. The lowest BCUT2D eigenvalue weighted by molar-refractivity contribution is 0.475. The predicted molar refractivity (Wildman–Crippen MR) is 66.8 cm³/mol. The van der Waals surface area contributed by atoms with Crippen LogP contribution in [0.2, 0.25) is 5.02 Å². The summed E-state index contributed by atoms with van der Waals surface area (Å²) in [6.07, 6.45) is 0. The molecule has 0 atom stereocenters. The number of phenols is 1. The number of hydrogen-bond donors (Lipinski definition) is 2. The van der Waals surface area contributed by atoms with E-state index in [1.807, 2.05) is 0 Å². The number of anilines is 1. The molecule has 2 aromatic carbocycles. The molecule has 0 bridgehead atoms. The topological polar surface area (TPSA) is 32.3 Å². The molecule has 0 aromatic heterocycles.